The second kappa shape index (κ2) is 12.9. The van der Waals surface area contributed by atoms with Crippen LogP contribution in [0.15, 0.2) is 72.8 Å². The molecule has 0 fully saturated rings. The van der Waals surface area contributed by atoms with Gasteiger partial charge in [0, 0.05) is 29.4 Å². The van der Waals surface area contributed by atoms with E-state index in [1.54, 1.807) is 30.3 Å². The van der Waals surface area contributed by atoms with Crippen LogP contribution in [0.25, 0.3) is 6.08 Å². The zero-order chi connectivity index (χ0) is 30.2. The molecule has 8 nitrogen and oxygen atoms in total. The standard InChI is InChI=1S/C28H23F5N2O6/c29-27(30,28(31,32)33)14-13-25(37)40-21-9-4-18(5-10-21)26(38)41-22-7-1-17(2-8-22)3-12-24(36)39-16-19-15-20(34)6-11-23(19)35/h1-12,15H,13-14,16,34-35H2. The predicted molar refractivity (Wildman–Crippen MR) is 138 cm³/mol. The Labute approximate surface area is 230 Å². The van der Waals surface area contributed by atoms with Gasteiger partial charge in [-0.3, -0.25) is 4.79 Å². The number of anilines is 2. The number of ether oxygens (including phenoxy) is 3. The maximum atomic E-state index is 12.9. The van der Waals surface area contributed by atoms with Gasteiger partial charge in [0.25, 0.3) is 0 Å². The number of nitrogens with two attached hydrogens (primary N) is 2. The average Bonchev–Trinajstić information content (AvgIpc) is 2.92. The van der Waals surface area contributed by atoms with Gasteiger partial charge in [-0.15, -0.1) is 0 Å². The van der Waals surface area contributed by atoms with E-state index in [4.69, 9.17) is 25.7 Å². The third kappa shape index (κ3) is 9.05. The van der Waals surface area contributed by atoms with Crippen LogP contribution in [0.2, 0.25) is 0 Å². The molecule has 41 heavy (non-hydrogen) atoms. The first-order chi connectivity index (χ1) is 19.2. The Balaban J connectivity index is 1.47. The van der Waals surface area contributed by atoms with Gasteiger partial charge >= 0.3 is 30.0 Å². The van der Waals surface area contributed by atoms with Gasteiger partial charge in [0.05, 0.1) is 12.0 Å². The quantitative estimate of drug-likeness (QED) is 0.103. The van der Waals surface area contributed by atoms with E-state index in [-0.39, 0.29) is 23.7 Å². The Morgan fingerprint density at radius 3 is 2.05 bits per heavy atom. The second-order valence-corrected chi connectivity index (χ2v) is 8.56. The van der Waals surface area contributed by atoms with E-state index in [2.05, 4.69) is 0 Å². The van der Waals surface area contributed by atoms with Crippen LogP contribution in [0, 0.1) is 0 Å². The van der Waals surface area contributed by atoms with Gasteiger partial charge in [0.1, 0.15) is 18.1 Å². The van der Waals surface area contributed by atoms with Crippen molar-refractivity contribution in [3.8, 4) is 11.5 Å². The number of carbonyl (C=O) groups is 3. The molecule has 0 aliphatic rings. The van der Waals surface area contributed by atoms with Crippen LogP contribution < -0.4 is 20.9 Å². The lowest BCUT2D eigenvalue weighted by atomic mass is 10.1. The lowest BCUT2D eigenvalue weighted by Gasteiger charge is -2.18. The van der Waals surface area contributed by atoms with Crippen molar-refractivity contribution in [1.29, 1.82) is 0 Å². The van der Waals surface area contributed by atoms with E-state index in [1.165, 1.54) is 36.4 Å². The van der Waals surface area contributed by atoms with Crippen molar-refractivity contribution in [2.24, 2.45) is 0 Å². The summed E-state index contributed by atoms with van der Waals surface area (Å²) < 4.78 is 77.6. The minimum absolute atomic E-state index is 0.0425. The smallest absolute Gasteiger partial charge is 0.453 e. The fraction of sp³-hybridized carbons (Fsp3) is 0.179. The first-order valence-electron chi connectivity index (χ1n) is 11.8. The van der Waals surface area contributed by atoms with Crippen LogP contribution in [0.1, 0.15) is 34.3 Å². The fourth-order valence-electron chi connectivity index (χ4n) is 3.17. The van der Waals surface area contributed by atoms with Crippen LogP contribution in [-0.2, 0) is 20.9 Å². The summed E-state index contributed by atoms with van der Waals surface area (Å²) in [5, 5.41) is 0. The molecule has 0 bridgehead atoms. The van der Waals surface area contributed by atoms with E-state index < -0.39 is 42.8 Å². The molecule has 0 unspecified atom stereocenters. The topological polar surface area (TPSA) is 131 Å². The van der Waals surface area contributed by atoms with E-state index in [9.17, 15) is 36.3 Å². The van der Waals surface area contributed by atoms with Gasteiger partial charge in [-0.1, -0.05) is 12.1 Å². The van der Waals surface area contributed by atoms with Crippen LogP contribution in [0.3, 0.4) is 0 Å². The Kier molecular flexibility index (Phi) is 9.66. The van der Waals surface area contributed by atoms with Gasteiger partial charge in [0.15, 0.2) is 0 Å². The number of hydrogen-bond acceptors (Lipinski definition) is 8. The fourth-order valence-corrected chi connectivity index (χ4v) is 3.17. The predicted octanol–water partition coefficient (Wildman–Crippen LogP) is 5.71. The van der Waals surface area contributed by atoms with Gasteiger partial charge in [0.2, 0.25) is 0 Å². The minimum Gasteiger partial charge on any atom is -0.458 e. The Morgan fingerprint density at radius 2 is 1.41 bits per heavy atom. The molecule has 0 atom stereocenters. The van der Waals surface area contributed by atoms with Crippen LogP contribution in [0.5, 0.6) is 11.5 Å². The summed E-state index contributed by atoms with van der Waals surface area (Å²) in [5.74, 6) is -7.69. The van der Waals surface area contributed by atoms with Gasteiger partial charge in [-0.25, -0.2) is 9.59 Å². The molecule has 0 aliphatic heterocycles. The van der Waals surface area contributed by atoms with Crippen molar-refractivity contribution < 1.29 is 50.5 Å². The SMILES string of the molecule is Nc1ccc(N)c(COC(=O)C=Cc2ccc(OC(=O)c3ccc(OC(=O)CCC(F)(F)C(F)(F)F)cc3)cc2)c1. The number of benzene rings is 3. The molecule has 0 aliphatic carbocycles. The van der Waals surface area contributed by atoms with Gasteiger partial charge < -0.3 is 25.7 Å². The Hall–Kier alpha value is -4.94. The third-order valence-corrected chi connectivity index (χ3v) is 5.42. The number of esters is 3. The zero-order valence-electron chi connectivity index (χ0n) is 21.1. The van der Waals surface area contributed by atoms with Crippen molar-refractivity contribution in [2.75, 3.05) is 11.5 Å². The van der Waals surface area contributed by atoms with E-state index in [0.717, 1.165) is 12.1 Å². The van der Waals surface area contributed by atoms with Gasteiger partial charge in [-0.2, -0.15) is 22.0 Å². The van der Waals surface area contributed by atoms with Crippen molar-refractivity contribution in [1.82, 2.24) is 0 Å². The van der Waals surface area contributed by atoms with E-state index in [1.807, 2.05) is 0 Å². The number of hydrogen-bond donors (Lipinski definition) is 2. The average molecular weight is 578 g/mol. The first kappa shape index (κ1) is 30.6. The molecule has 3 rings (SSSR count). The molecule has 0 radical (unpaired) electrons. The highest BCUT2D eigenvalue weighted by atomic mass is 19.4. The van der Waals surface area contributed by atoms with Crippen LogP contribution in [0.4, 0.5) is 33.3 Å². The molecule has 0 spiro atoms. The summed E-state index contributed by atoms with van der Waals surface area (Å²) in [4.78, 5) is 36.0. The number of nitrogen functional groups attached to an aromatic ring is 2. The maximum absolute atomic E-state index is 12.9. The second-order valence-electron chi connectivity index (χ2n) is 8.56. The summed E-state index contributed by atoms with van der Waals surface area (Å²) >= 11 is 0. The molecule has 3 aromatic carbocycles. The third-order valence-electron chi connectivity index (χ3n) is 5.42. The first-order valence-corrected chi connectivity index (χ1v) is 11.8. The molecule has 13 heteroatoms. The van der Waals surface area contributed by atoms with Crippen molar-refractivity contribution in [2.45, 2.75) is 31.5 Å². The summed E-state index contributed by atoms with van der Waals surface area (Å²) in [6.07, 6.45) is -5.99. The van der Waals surface area contributed by atoms with Crippen LogP contribution in [-0.4, -0.2) is 30.0 Å². The number of rotatable bonds is 10. The van der Waals surface area contributed by atoms with Crippen molar-refractivity contribution >= 4 is 35.4 Å². The van der Waals surface area contributed by atoms with Crippen molar-refractivity contribution in [3.63, 3.8) is 0 Å². The monoisotopic (exact) mass is 578 g/mol. The number of halogens is 5. The highest BCUT2D eigenvalue weighted by Crippen LogP contribution is 2.38. The lowest BCUT2D eigenvalue weighted by Crippen LogP contribution is -2.37. The molecule has 0 saturated carbocycles. The largest absolute Gasteiger partial charge is 0.458 e. The number of alkyl halides is 5. The molecule has 4 N–H and O–H groups in total. The van der Waals surface area contributed by atoms with Crippen LogP contribution >= 0.6 is 0 Å². The maximum Gasteiger partial charge on any atom is 0.453 e. The molecule has 0 saturated heterocycles. The highest BCUT2D eigenvalue weighted by Gasteiger charge is 2.57. The Morgan fingerprint density at radius 1 is 0.805 bits per heavy atom. The number of carbonyl (C=O) groups excluding carboxylic acids is 3. The van der Waals surface area contributed by atoms with Crippen molar-refractivity contribution in [3.05, 3.63) is 89.5 Å². The molecular formula is C28H23F5N2O6. The molecule has 0 aromatic heterocycles. The van der Waals surface area contributed by atoms with E-state index >= 15 is 0 Å². The molecule has 0 amide bonds. The zero-order valence-corrected chi connectivity index (χ0v) is 21.1. The molecule has 3 aromatic rings. The summed E-state index contributed by atoms with van der Waals surface area (Å²) in [6, 6.07) is 15.7. The molecule has 216 valence electrons. The van der Waals surface area contributed by atoms with E-state index in [0.29, 0.717) is 22.5 Å². The summed E-state index contributed by atoms with van der Waals surface area (Å²) in [7, 11) is 0. The summed E-state index contributed by atoms with van der Waals surface area (Å²) in [6.45, 7) is -0.0563. The lowest BCUT2D eigenvalue weighted by molar-refractivity contribution is -0.284. The Bertz CT molecular complexity index is 1420. The normalized spacial score (nSPS) is 11.7. The minimum atomic E-state index is -5.77. The molecule has 0 heterocycles. The highest BCUT2D eigenvalue weighted by molar-refractivity contribution is 5.91. The molecular weight excluding hydrogens is 555 g/mol. The van der Waals surface area contributed by atoms with Gasteiger partial charge in [-0.05, 0) is 66.2 Å². The summed E-state index contributed by atoms with van der Waals surface area (Å²) in [5.41, 5.74) is 13.6.